The van der Waals surface area contributed by atoms with Crippen molar-refractivity contribution < 1.29 is 17.9 Å². The highest BCUT2D eigenvalue weighted by molar-refractivity contribution is 7.91. The topological polar surface area (TPSA) is 72.5 Å². The highest BCUT2D eigenvalue weighted by Gasteiger charge is 2.40. The number of hydrogen-bond acceptors (Lipinski definition) is 4. The molecule has 2 heterocycles. The molecule has 7 heteroatoms. The van der Waals surface area contributed by atoms with E-state index in [1.807, 2.05) is 6.92 Å². The average molecular weight is 296 g/mol. The average Bonchev–Trinajstić information content (AvgIpc) is 2.83. The Morgan fingerprint density at radius 3 is 2.72 bits per heavy atom. The lowest BCUT2D eigenvalue weighted by molar-refractivity contribution is -0.127. The molecule has 0 bridgehead atoms. The number of nitrogens with one attached hydrogen (secondary N) is 1. The van der Waals surface area contributed by atoms with Gasteiger partial charge in [0.25, 0.3) is 0 Å². The summed E-state index contributed by atoms with van der Waals surface area (Å²) >= 11 is 5.96. The molecular formula is C11H18ClNO4S. The summed E-state index contributed by atoms with van der Waals surface area (Å²) in [6.45, 7) is 2.56. The molecule has 4 unspecified atom stereocenters. The monoisotopic (exact) mass is 295 g/mol. The molecule has 0 aromatic rings. The quantitative estimate of drug-likeness (QED) is 0.761. The molecule has 1 N–H and O–H groups in total. The molecule has 18 heavy (non-hydrogen) atoms. The third kappa shape index (κ3) is 2.97. The zero-order chi connectivity index (χ0) is 13.3. The molecule has 0 saturated carbocycles. The molecule has 0 spiro atoms. The van der Waals surface area contributed by atoms with Crippen LogP contribution in [-0.4, -0.2) is 50.0 Å². The van der Waals surface area contributed by atoms with Gasteiger partial charge in [-0.25, -0.2) is 8.42 Å². The van der Waals surface area contributed by atoms with Crippen LogP contribution in [0.4, 0.5) is 0 Å². The molecule has 2 aliphatic rings. The Kier molecular flexibility index (Phi) is 4.18. The van der Waals surface area contributed by atoms with Gasteiger partial charge >= 0.3 is 0 Å². The summed E-state index contributed by atoms with van der Waals surface area (Å²) in [4.78, 5) is 12.1. The van der Waals surface area contributed by atoms with E-state index in [1.165, 1.54) is 0 Å². The maximum absolute atomic E-state index is 12.1. The van der Waals surface area contributed by atoms with Crippen molar-refractivity contribution in [2.75, 3.05) is 18.1 Å². The summed E-state index contributed by atoms with van der Waals surface area (Å²) in [6, 6.07) is -0.470. The van der Waals surface area contributed by atoms with Crippen LogP contribution < -0.4 is 5.32 Å². The molecule has 4 atom stereocenters. The minimum atomic E-state index is -3.11. The highest BCUT2D eigenvalue weighted by atomic mass is 35.5. The van der Waals surface area contributed by atoms with Crippen molar-refractivity contribution in [3.05, 3.63) is 0 Å². The third-order valence-electron chi connectivity index (χ3n) is 3.56. The van der Waals surface area contributed by atoms with Crippen LogP contribution in [0.25, 0.3) is 0 Å². The Hall–Kier alpha value is -0.330. The van der Waals surface area contributed by atoms with Crippen molar-refractivity contribution in [1.82, 2.24) is 5.32 Å². The Morgan fingerprint density at radius 2 is 2.17 bits per heavy atom. The zero-order valence-electron chi connectivity index (χ0n) is 10.3. The van der Waals surface area contributed by atoms with Crippen LogP contribution in [-0.2, 0) is 19.4 Å². The van der Waals surface area contributed by atoms with E-state index in [9.17, 15) is 13.2 Å². The van der Waals surface area contributed by atoms with Crippen LogP contribution in [0.2, 0.25) is 0 Å². The van der Waals surface area contributed by atoms with Gasteiger partial charge in [-0.05, 0) is 12.8 Å². The molecule has 0 radical (unpaired) electrons. The zero-order valence-corrected chi connectivity index (χ0v) is 11.8. The van der Waals surface area contributed by atoms with Crippen LogP contribution in [0.5, 0.6) is 0 Å². The number of ether oxygens (including phenoxy) is 1. The van der Waals surface area contributed by atoms with Crippen molar-refractivity contribution in [2.24, 2.45) is 5.92 Å². The molecule has 104 valence electrons. The molecule has 2 fully saturated rings. The lowest BCUT2D eigenvalue weighted by Gasteiger charge is -2.20. The molecular weight excluding hydrogens is 278 g/mol. The van der Waals surface area contributed by atoms with E-state index < -0.39 is 21.3 Å². The van der Waals surface area contributed by atoms with Gasteiger partial charge in [-0.15, -0.1) is 11.6 Å². The summed E-state index contributed by atoms with van der Waals surface area (Å²) < 4.78 is 28.3. The Bertz CT molecular complexity index is 425. The van der Waals surface area contributed by atoms with E-state index in [2.05, 4.69) is 5.32 Å². The molecule has 1 amide bonds. The number of halogens is 1. The first kappa shape index (κ1) is 14.1. The molecule has 2 aliphatic heterocycles. The fourth-order valence-corrected chi connectivity index (χ4v) is 5.13. The van der Waals surface area contributed by atoms with Crippen LogP contribution in [0, 0.1) is 5.92 Å². The molecule has 2 saturated heterocycles. The largest absolute Gasteiger partial charge is 0.377 e. The second kappa shape index (κ2) is 5.35. The first-order valence-corrected chi connectivity index (χ1v) is 8.45. The standard InChI is InChI=1S/C11H18ClNO4S/c1-2-10-7(3-4-17-10)11(14)13-9-6-18(15,16)5-8(9)12/h7-10H,2-6H2,1H3,(H,13,14). The SMILES string of the molecule is CCC1OCCC1C(=O)NC1CS(=O)(=O)CC1Cl. The number of carbonyl (C=O) groups is 1. The van der Waals surface area contributed by atoms with Gasteiger partial charge < -0.3 is 10.1 Å². The van der Waals surface area contributed by atoms with Crippen LogP contribution in [0.1, 0.15) is 19.8 Å². The van der Waals surface area contributed by atoms with Gasteiger partial charge in [0.2, 0.25) is 5.91 Å². The maximum Gasteiger partial charge on any atom is 0.226 e. The number of carbonyl (C=O) groups excluding carboxylic acids is 1. The van der Waals surface area contributed by atoms with Gasteiger partial charge in [-0.1, -0.05) is 6.92 Å². The predicted octanol–water partition coefficient (Wildman–Crippen LogP) is 0.322. The first-order chi connectivity index (χ1) is 8.43. The normalized spacial score (nSPS) is 38.8. The van der Waals surface area contributed by atoms with Gasteiger partial charge in [-0.2, -0.15) is 0 Å². The van der Waals surface area contributed by atoms with Crippen molar-refractivity contribution in [3.8, 4) is 0 Å². The van der Waals surface area contributed by atoms with Crippen molar-refractivity contribution in [2.45, 2.75) is 37.3 Å². The Balaban J connectivity index is 1.96. The summed E-state index contributed by atoms with van der Waals surface area (Å²) in [6.07, 6.45) is 1.42. The smallest absolute Gasteiger partial charge is 0.226 e. The molecule has 5 nitrogen and oxygen atoms in total. The van der Waals surface area contributed by atoms with Gasteiger partial charge in [0.1, 0.15) is 0 Å². The van der Waals surface area contributed by atoms with Crippen molar-refractivity contribution >= 4 is 27.3 Å². The number of amides is 1. The Labute approximate surface area is 112 Å². The highest BCUT2D eigenvalue weighted by Crippen LogP contribution is 2.25. The summed E-state index contributed by atoms with van der Waals surface area (Å²) in [5.41, 5.74) is 0. The van der Waals surface area contributed by atoms with E-state index >= 15 is 0 Å². The first-order valence-electron chi connectivity index (χ1n) is 6.19. The summed E-state index contributed by atoms with van der Waals surface area (Å²) in [5.74, 6) is -0.427. The fraction of sp³-hybridized carbons (Fsp3) is 0.909. The van der Waals surface area contributed by atoms with Gasteiger partial charge in [-0.3, -0.25) is 4.79 Å². The lowest BCUT2D eigenvalue weighted by Crippen LogP contribution is -2.45. The van der Waals surface area contributed by atoms with Crippen LogP contribution in [0.3, 0.4) is 0 Å². The number of sulfone groups is 1. The minimum absolute atomic E-state index is 0.0577. The second-order valence-electron chi connectivity index (χ2n) is 4.92. The van der Waals surface area contributed by atoms with E-state index in [1.54, 1.807) is 0 Å². The van der Waals surface area contributed by atoms with Crippen LogP contribution in [0.15, 0.2) is 0 Å². The summed E-state index contributed by atoms with van der Waals surface area (Å²) in [7, 11) is -3.11. The van der Waals surface area contributed by atoms with E-state index in [0.29, 0.717) is 13.0 Å². The molecule has 0 aromatic carbocycles. The van der Waals surface area contributed by atoms with E-state index in [4.69, 9.17) is 16.3 Å². The number of rotatable bonds is 3. The Morgan fingerprint density at radius 1 is 1.44 bits per heavy atom. The van der Waals surface area contributed by atoms with E-state index in [-0.39, 0.29) is 29.4 Å². The number of hydrogen-bond donors (Lipinski definition) is 1. The van der Waals surface area contributed by atoms with Gasteiger partial charge in [0, 0.05) is 6.61 Å². The van der Waals surface area contributed by atoms with E-state index in [0.717, 1.165) is 6.42 Å². The molecule has 0 aliphatic carbocycles. The molecule has 2 rings (SSSR count). The fourth-order valence-electron chi connectivity index (χ4n) is 2.58. The van der Waals surface area contributed by atoms with Crippen molar-refractivity contribution in [1.29, 1.82) is 0 Å². The lowest BCUT2D eigenvalue weighted by atomic mass is 9.98. The second-order valence-corrected chi connectivity index (χ2v) is 7.64. The predicted molar refractivity (Wildman–Crippen MR) is 68.4 cm³/mol. The maximum atomic E-state index is 12.1. The van der Waals surface area contributed by atoms with Crippen molar-refractivity contribution in [3.63, 3.8) is 0 Å². The van der Waals surface area contributed by atoms with Gasteiger partial charge in [0.15, 0.2) is 9.84 Å². The molecule has 0 aromatic heterocycles. The van der Waals surface area contributed by atoms with Gasteiger partial charge in [0.05, 0.1) is 34.9 Å². The number of alkyl halides is 1. The minimum Gasteiger partial charge on any atom is -0.377 e. The van der Waals surface area contributed by atoms with Crippen LogP contribution >= 0.6 is 11.6 Å². The third-order valence-corrected chi connectivity index (χ3v) is 5.94. The summed E-state index contributed by atoms with van der Waals surface area (Å²) in [5, 5.41) is 2.23.